The Morgan fingerprint density at radius 3 is 2.64 bits per heavy atom. The van der Waals surface area contributed by atoms with E-state index in [0.717, 1.165) is 33.1 Å². The minimum absolute atomic E-state index is 0.0756. The molecular formula is C25H28ClN5OS. The van der Waals surface area contributed by atoms with Gasteiger partial charge in [0.1, 0.15) is 0 Å². The highest BCUT2D eigenvalue weighted by Gasteiger charge is 2.40. The average molecular weight is 482 g/mol. The first-order valence-electron chi connectivity index (χ1n) is 11.0. The summed E-state index contributed by atoms with van der Waals surface area (Å²) in [5, 5.41) is 9.21. The Morgan fingerprint density at radius 2 is 1.94 bits per heavy atom. The van der Waals surface area contributed by atoms with Crippen molar-refractivity contribution in [3.05, 3.63) is 64.2 Å². The average Bonchev–Trinajstić information content (AvgIpc) is 3.16. The van der Waals surface area contributed by atoms with Crippen LogP contribution in [0.3, 0.4) is 0 Å². The molecule has 0 bridgehead atoms. The number of halogens is 1. The zero-order valence-electron chi connectivity index (χ0n) is 19.5. The summed E-state index contributed by atoms with van der Waals surface area (Å²) < 4.78 is 1.82. The maximum atomic E-state index is 13.4. The van der Waals surface area contributed by atoms with E-state index in [1.165, 1.54) is 11.8 Å². The Hall–Kier alpha value is -2.64. The Morgan fingerprint density at radius 1 is 1.18 bits per heavy atom. The Bertz CT molecular complexity index is 1220. The van der Waals surface area contributed by atoms with Crippen LogP contribution in [0.4, 0.5) is 11.6 Å². The van der Waals surface area contributed by atoms with Crippen molar-refractivity contribution in [2.24, 2.45) is 16.8 Å². The van der Waals surface area contributed by atoms with Crippen LogP contribution in [0.2, 0.25) is 5.02 Å². The van der Waals surface area contributed by atoms with E-state index in [0.29, 0.717) is 16.9 Å². The molecule has 6 nitrogen and oxygen atoms in total. The molecule has 0 radical (unpaired) electrons. The van der Waals surface area contributed by atoms with Gasteiger partial charge in [-0.15, -0.1) is 5.10 Å². The highest BCUT2D eigenvalue weighted by atomic mass is 35.5. The second-order valence-corrected chi connectivity index (χ2v) is 10.1. The molecule has 0 aliphatic carbocycles. The van der Waals surface area contributed by atoms with Crippen LogP contribution in [-0.4, -0.2) is 26.4 Å². The summed E-state index contributed by atoms with van der Waals surface area (Å²) in [5.74, 6) is 0.861. The van der Waals surface area contributed by atoms with Crippen LogP contribution in [0.1, 0.15) is 43.5 Å². The molecule has 1 aliphatic rings. The molecule has 1 N–H and O–H groups in total. The van der Waals surface area contributed by atoms with Gasteiger partial charge >= 0.3 is 0 Å². The van der Waals surface area contributed by atoms with Crippen LogP contribution in [-0.2, 0) is 10.5 Å². The third-order valence-electron chi connectivity index (χ3n) is 5.86. The molecule has 3 aromatic rings. The maximum absolute atomic E-state index is 13.4. The molecule has 1 aromatic heterocycles. The van der Waals surface area contributed by atoms with Gasteiger partial charge in [-0.25, -0.2) is 9.67 Å². The number of carbonyl (C=O) groups is 1. The van der Waals surface area contributed by atoms with Gasteiger partial charge in [0, 0.05) is 22.2 Å². The Balaban J connectivity index is 1.58. The molecule has 1 aliphatic heterocycles. The van der Waals surface area contributed by atoms with Gasteiger partial charge in [0.15, 0.2) is 0 Å². The number of carbonyl (C=O) groups excluding carboxylic acids is 1. The summed E-state index contributed by atoms with van der Waals surface area (Å²) in [6.07, 6.45) is 0. The van der Waals surface area contributed by atoms with Gasteiger partial charge in [-0.3, -0.25) is 4.79 Å². The maximum Gasteiger partial charge on any atom is 0.249 e. The molecule has 1 amide bonds. The Kier molecular flexibility index (Phi) is 6.91. The molecule has 8 heteroatoms. The topological polar surface area (TPSA) is 72.2 Å². The number of aliphatic imine (C=N–C) groups is 1. The fourth-order valence-corrected chi connectivity index (χ4v) is 5.29. The van der Waals surface area contributed by atoms with E-state index in [-0.39, 0.29) is 17.9 Å². The van der Waals surface area contributed by atoms with Crippen molar-refractivity contribution in [2.75, 3.05) is 5.32 Å². The first kappa shape index (κ1) is 23.5. The molecule has 172 valence electrons. The minimum atomic E-state index is -0.429. The van der Waals surface area contributed by atoms with Crippen LogP contribution in [0.15, 0.2) is 52.6 Å². The predicted molar refractivity (Wildman–Crippen MR) is 136 cm³/mol. The van der Waals surface area contributed by atoms with Crippen molar-refractivity contribution in [1.82, 2.24) is 14.8 Å². The molecule has 2 atom stereocenters. The number of hydrogen-bond donors (Lipinski definition) is 1. The second-order valence-electron chi connectivity index (χ2n) is 8.79. The SMILES string of the molecule is CC1=Nc2nc(SCc3ccccc3Cl)nn2C(C(C)C)C1C(=O)Nc1ccc(C)cc1C. The zero-order valence-corrected chi connectivity index (χ0v) is 21.0. The van der Waals surface area contributed by atoms with E-state index in [9.17, 15) is 4.79 Å². The van der Waals surface area contributed by atoms with Gasteiger partial charge in [-0.1, -0.05) is 73.1 Å². The number of aromatic nitrogens is 3. The summed E-state index contributed by atoms with van der Waals surface area (Å²) in [4.78, 5) is 22.7. The second kappa shape index (κ2) is 9.69. The number of amides is 1. The van der Waals surface area contributed by atoms with Crippen molar-refractivity contribution in [2.45, 2.75) is 51.6 Å². The fourth-order valence-electron chi connectivity index (χ4n) is 4.18. The molecule has 0 saturated carbocycles. The highest BCUT2D eigenvalue weighted by Crippen LogP contribution is 2.38. The zero-order chi connectivity index (χ0) is 23.7. The van der Waals surface area contributed by atoms with Crippen molar-refractivity contribution in [3.8, 4) is 0 Å². The number of hydrogen-bond acceptors (Lipinski definition) is 5. The van der Waals surface area contributed by atoms with Crippen LogP contribution in [0.5, 0.6) is 0 Å². The van der Waals surface area contributed by atoms with Crippen LogP contribution in [0.25, 0.3) is 0 Å². The van der Waals surface area contributed by atoms with Crippen LogP contribution >= 0.6 is 23.4 Å². The predicted octanol–water partition coefficient (Wildman–Crippen LogP) is 6.40. The van der Waals surface area contributed by atoms with E-state index >= 15 is 0 Å². The normalized spacial score (nSPS) is 17.6. The highest BCUT2D eigenvalue weighted by molar-refractivity contribution is 7.98. The largest absolute Gasteiger partial charge is 0.325 e. The monoisotopic (exact) mass is 481 g/mol. The number of aryl methyl sites for hydroxylation is 2. The number of rotatable bonds is 6. The van der Waals surface area contributed by atoms with E-state index in [4.69, 9.17) is 16.7 Å². The number of benzene rings is 2. The molecule has 0 saturated heterocycles. The number of nitrogens with zero attached hydrogens (tertiary/aromatic N) is 4. The summed E-state index contributed by atoms with van der Waals surface area (Å²) in [6.45, 7) is 10.1. The van der Waals surface area contributed by atoms with Crippen molar-refractivity contribution < 1.29 is 4.79 Å². The number of thioether (sulfide) groups is 1. The molecule has 0 fully saturated rings. The first-order chi connectivity index (χ1) is 15.7. The molecule has 2 aromatic carbocycles. The smallest absolute Gasteiger partial charge is 0.249 e. The van der Waals surface area contributed by atoms with Crippen molar-refractivity contribution >= 4 is 46.6 Å². The van der Waals surface area contributed by atoms with E-state index in [1.54, 1.807) is 0 Å². The molecule has 33 heavy (non-hydrogen) atoms. The fraction of sp³-hybridized carbons (Fsp3) is 0.360. The first-order valence-corrected chi connectivity index (χ1v) is 12.4. The quantitative estimate of drug-likeness (QED) is 0.413. The molecule has 2 heterocycles. The lowest BCUT2D eigenvalue weighted by molar-refractivity contribution is -0.119. The summed E-state index contributed by atoms with van der Waals surface area (Å²) in [6, 6.07) is 13.6. The summed E-state index contributed by atoms with van der Waals surface area (Å²) >= 11 is 7.80. The third kappa shape index (κ3) is 4.99. The van der Waals surface area contributed by atoms with Crippen molar-refractivity contribution in [1.29, 1.82) is 0 Å². The minimum Gasteiger partial charge on any atom is -0.325 e. The lowest BCUT2D eigenvalue weighted by Crippen LogP contribution is -2.40. The standard InChI is InChI=1S/C25H28ClN5OS/c1-14(2)22-21(23(32)28-20-11-10-15(3)12-16(20)4)17(5)27-24-29-25(30-31(22)24)33-13-18-8-6-7-9-19(18)26/h6-12,14,21-22H,13H2,1-5H3,(H,28,32). The van der Waals surface area contributed by atoms with Crippen LogP contribution in [0, 0.1) is 25.7 Å². The molecule has 0 spiro atoms. The molecular weight excluding hydrogens is 454 g/mol. The number of anilines is 1. The third-order valence-corrected chi connectivity index (χ3v) is 7.12. The Labute approximate surface area is 203 Å². The lowest BCUT2D eigenvalue weighted by atomic mass is 9.85. The van der Waals surface area contributed by atoms with E-state index in [1.807, 2.05) is 61.9 Å². The van der Waals surface area contributed by atoms with Gasteiger partial charge in [-0.2, -0.15) is 4.98 Å². The number of nitrogens with one attached hydrogen (secondary N) is 1. The van der Waals surface area contributed by atoms with E-state index in [2.05, 4.69) is 35.2 Å². The van der Waals surface area contributed by atoms with E-state index < -0.39 is 5.92 Å². The van der Waals surface area contributed by atoms with Gasteiger partial charge in [0.05, 0.1) is 12.0 Å². The lowest BCUT2D eigenvalue weighted by Gasteiger charge is -2.32. The molecule has 2 unspecified atom stereocenters. The van der Waals surface area contributed by atoms with Crippen molar-refractivity contribution in [3.63, 3.8) is 0 Å². The van der Waals surface area contributed by atoms with Gasteiger partial charge in [-0.05, 0) is 49.9 Å². The van der Waals surface area contributed by atoms with Gasteiger partial charge in [0.25, 0.3) is 0 Å². The van der Waals surface area contributed by atoms with Gasteiger partial charge in [0.2, 0.25) is 17.0 Å². The van der Waals surface area contributed by atoms with Crippen LogP contribution < -0.4 is 5.32 Å². The van der Waals surface area contributed by atoms with Gasteiger partial charge < -0.3 is 5.32 Å². The summed E-state index contributed by atoms with van der Waals surface area (Å²) in [5.41, 5.74) is 4.80. The summed E-state index contributed by atoms with van der Waals surface area (Å²) in [7, 11) is 0. The molecule has 4 rings (SSSR count). The number of fused-ring (bicyclic) bond motifs is 1.